The molecule has 0 saturated carbocycles. The summed E-state index contributed by atoms with van der Waals surface area (Å²) in [5, 5.41) is 11.1. The fourth-order valence-corrected chi connectivity index (χ4v) is 2.93. The number of carbonyl (C=O) groups excluding carboxylic acids is 2. The van der Waals surface area contributed by atoms with Crippen molar-refractivity contribution in [2.75, 3.05) is 19.3 Å². The fourth-order valence-electron chi connectivity index (χ4n) is 1.99. The lowest BCUT2D eigenvalue weighted by Crippen LogP contribution is -2.35. The summed E-state index contributed by atoms with van der Waals surface area (Å²) in [4.78, 5) is 35.8. The number of primary amides is 1. The molecule has 1 aromatic carbocycles. The predicted octanol–water partition coefficient (Wildman–Crippen LogP) is 2.04. The minimum absolute atomic E-state index is 0. The minimum atomic E-state index is -0.739. The molecule has 0 heterocycles. The smallest absolute Gasteiger partial charge is 0.283 e. The number of rotatable bonds is 9. The van der Waals surface area contributed by atoms with Gasteiger partial charge in [0.1, 0.15) is 0 Å². The van der Waals surface area contributed by atoms with Crippen LogP contribution >= 0.6 is 24.2 Å². The summed E-state index contributed by atoms with van der Waals surface area (Å²) >= 11 is 1.06. The first-order valence-corrected chi connectivity index (χ1v) is 8.82. The van der Waals surface area contributed by atoms with Crippen molar-refractivity contribution in [1.29, 1.82) is 0 Å². The normalized spacial score (nSPS) is 11.6. The molecule has 26 heavy (non-hydrogen) atoms. The molecule has 0 aliphatic heterocycles. The summed E-state index contributed by atoms with van der Waals surface area (Å²) in [5.74, 6) is -0.486. The van der Waals surface area contributed by atoms with Crippen LogP contribution in [0.1, 0.15) is 30.6 Å². The van der Waals surface area contributed by atoms with E-state index in [-0.39, 0.29) is 41.4 Å². The van der Waals surface area contributed by atoms with Gasteiger partial charge in [-0.1, -0.05) is 13.8 Å². The Morgan fingerprint density at radius 1 is 1.35 bits per heavy atom. The molecule has 0 radical (unpaired) electrons. The molecule has 8 nitrogen and oxygen atoms in total. The maximum absolute atomic E-state index is 12.2. The highest BCUT2D eigenvalue weighted by atomic mass is 35.5. The summed E-state index contributed by atoms with van der Waals surface area (Å²) in [5.41, 5.74) is 10.9. The molecule has 2 amide bonds. The van der Waals surface area contributed by atoms with E-state index in [1.165, 1.54) is 12.1 Å². The van der Waals surface area contributed by atoms with Gasteiger partial charge in [0.25, 0.3) is 5.69 Å². The van der Waals surface area contributed by atoms with Crippen LogP contribution in [0.5, 0.6) is 0 Å². The molecule has 1 aromatic rings. The van der Waals surface area contributed by atoms with Crippen molar-refractivity contribution in [3.05, 3.63) is 33.9 Å². The van der Waals surface area contributed by atoms with Crippen molar-refractivity contribution in [3.8, 4) is 0 Å². The van der Waals surface area contributed by atoms with Crippen LogP contribution in [0.3, 0.4) is 0 Å². The standard InChI is InChI=1S/C16H24N4O4S.ClH/c1-10(2)12(17)6-7-19(3)15(21)9-25-14-5-4-11(16(18)22)8-13(14)20(23)24;/h4-5,8,10,12H,6-7,9,17H2,1-3H3,(H2,18,22);1H. The van der Waals surface area contributed by atoms with Crippen LogP contribution in [0.25, 0.3) is 0 Å². The topological polar surface area (TPSA) is 133 Å². The molecule has 1 atom stereocenters. The first-order chi connectivity index (χ1) is 11.6. The number of hydrogen-bond acceptors (Lipinski definition) is 6. The molecule has 0 aromatic heterocycles. The average Bonchev–Trinajstić information content (AvgIpc) is 2.56. The molecule has 0 bridgehead atoms. The van der Waals surface area contributed by atoms with Crippen LogP contribution in [0.15, 0.2) is 23.1 Å². The third kappa shape index (κ3) is 7.19. The van der Waals surface area contributed by atoms with E-state index in [0.29, 0.717) is 23.8 Å². The largest absolute Gasteiger partial charge is 0.366 e. The summed E-state index contributed by atoms with van der Waals surface area (Å²) < 4.78 is 0. The molecule has 1 unspecified atom stereocenters. The number of benzene rings is 1. The third-order valence-corrected chi connectivity index (χ3v) is 4.92. The SMILES string of the molecule is CC(C)C(N)CCN(C)C(=O)CSc1ccc(C(N)=O)cc1[N+](=O)[O-].Cl. The predicted molar refractivity (Wildman–Crippen MR) is 105 cm³/mol. The van der Waals surface area contributed by atoms with Crippen molar-refractivity contribution < 1.29 is 14.5 Å². The van der Waals surface area contributed by atoms with Gasteiger partial charge < -0.3 is 16.4 Å². The molecule has 0 spiro atoms. The van der Waals surface area contributed by atoms with Crippen molar-refractivity contribution in [3.63, 3.8) is 0 Å². The van der Waals surface area contributed by atoms with Gasteiger partial charge in [0, 0.05) is 31.3 Å². The zero-order valence-electron chi connectivity index (χ0n) is 15.0. The second kappa shape index (κ2) is 11.0. The van der Waals surface area contributed by atoms with Crippen LogP contribution in [0.2, 0.25) is 0 Å². The Labute approximate surface area is 163 Å². The maximum atomic E-state index is 12.2. The Balaban J connectivity index is 0.00000625. The number of nitro benzene ring substituents is 1. The lowest BCUT2D eigenvalue weighted by molar-refractivity contribution is -0.387. The van der Waals surface area contributed by atoms with E-state index < -0.39 is 10.8 Å². The van der Waals surface area contributed by atoms with E-state index >= 15 is 0 Å². The Morgan fingerprint density at radius 3 is 2.46 bits per heavy atom. The van der Waals surface area contributed by atoms with Gasteiger partial charge in [-0.05, 0) is 24.5 Å². The molecule has 0 fully saturated rings. The van der Waals surface area contributed by atoms with Crippen LogP contribution < -0.4 is 11.5 Å². The second-order valence-corrected chi connectivity index (χ2v) is 7.12. The summed E-state index contributed by atoms with van der Waals surface area (Å²) in [7, 11) is 1.68. The summed E-state index contributed by atoms with van der Waals surface area (Å²) in [6.45, 7) is 4.58. The van der Waals surface area contributed by atoms with Gasteiger partial charge in [0.2, 0.25) is 11.8 Å². The minimum Gasteiger partial charge on any atom is -0.366 e. The number of thioether (sulfide) groups is 1. The highest BCUT2D eigenvalue weighted by Crippen LogP contribution is 2.30. The number of carbonyl (C=O) groups is 2. The number of nitrogens with two attached hydrogens (primary N) is 2. The molecule has 10 heteroatoms. The molecule has 1 rings (SSSR count). The van der Waals surface area contributed by atoms with Gasteiger partial charge in [-0.15, -0.1) is 24.2 Å². The number of nitro groups is 1. The molecule has 0 aliphatic rings. The third-order valence-electron chi connectivity index (χ3n) is 3.87. The number of hydrogen-bond donors (Lipinski definition) is 2. The lowest BCUT2D eigenvalue weighted by Gasteiger charge is -2.21. The van der Waals surface area contributed by atoms with Gasteiger partial charge in [0.05, 0.1) is 15.6 Å². The highest BCUT2D eigenvalue weighted by molar-refractivity contribution is 8.00. The molecule has 4 N–H and O–H groups in total. The van der Waals surface area contributed by atoms with E-state index in [1.54, 1.807) is 11.9 Å². The van der Waals surface area contributed by atoms with Crippen LogP contribution in [0.4, 0.5) is 5.69 Å². The van der Waals surface area contributed by atoms with Gasteiger partial charge in [-0.3, -0.25) is 19.7 Å². The first kappa shape index (κ1) is 24.2. The van der Waals surface area contributed by atoms with Crippen LogP contribution in [0, 0.1) is 16.0 Å². The Hall–Kier alpha value is -1.84. The molecule has 0 aliphatic carbocycles. The van der Waals surface area contributed by atoms with Crippen LogP contribution in [-0.2, 0) is 4.79 Å². The molecule has 0 saturated heterocycles. The molecule has 146 valence electrons. The van der Waals surface area contributed by atoms with Crippen molar-refractivity contribution in [2.24, 2.45) is 17.4 Å². The van der Waals surface area contributed by atoms with Gasteiger partial charge in [0.15, 0.2) is 0 Å². The highest BCUT2D eigenvalue weighted by Gasteiger charge is 2.19. The van der Waals surface area contributed by atoms with Gasteiger partial charge >= 0.3 is 0 Å². The lowest BCUT2D eigenvalue weighted by atomic mass is 10.0. The van der Waals surface area contributed by atoms with E-state index in [9.17, 15) is 19.7 Å². The zero-order valence-corrected chi connectivity index (χ0v) is 16.6. The van der Waals surface area contributed by atoms with Crippen LogP contribution in [-0.4, -0.2) is 47.0 Å². The summed E-state index contributed by atoms with van der Waals surface area (Å²) in [6, 6.07) is 3.99. The molecular formula is C16H25ClN4O4S. The number of amides is 2. The van der Waals surface area contributed by atoms with Crippen molar-refractivity contribution >= 4 is 41.7 Å². The van der Waals surface area contributed by atoms with Gasteiger partial charge in [-0.2, -0.15) is 0 Å². The number of halogens is 1. The maximum Gasteiger partial charge on any atom is 0.283 e. The van der Waals surface area contributed by atoms with E-state index in [4.69, 9.17) is 11.5 Å². The Morgan fingerprint density at radius 2 is 1.96 bits per heavy atom. The Kier molecular flexibility index (Phi) is 10.2. The van der Waals surface area contributed by atoms with Crippen molar-refractivity contribution in [2.45, 2.75) is 31.2 Å². The van der Waals surface area contributed by atoms with E-state index in [1.807, 2.05) is 13.8 Å². The molecular weight excluding hydrogens is 380 g/mol. The fraction of sp³-hybridized carbons (Fsp3) is 0.500. The monoisotopic (exact) mass is 404 g/mol. The van der Waals surface area contributed by atoms with E-state index in [0.717, 1.165) is 17.8 Å². The summed E-state index contributed by atoms with van der Waals surface area (Å²) in [6.07, 6.45) is 0.692. The zero-order chi connectivity index (χ0) is 19.1. The quantitative estimate of drug-likeness (QED) is 0.367. The van der Waals surface area contributed by atoms with Gasteiger partial charge in [-0.25, -0.2) is 0 Å². The Bertz CT molecular complexity index is 657. The van der Waals surface area contributed by atoms with E-state index in [2.05, 4.69) is 0 Å². The number of nitrogens with zero attached hydrogens (tertiary/aromatic N) is 2. The second-order valence-electron chi connectivity index (χ2n) is 6.10. The average molecular weight is 405 g/mol. The first-order valence-electron chi connectivity index (χ1n) is 7.84. The van der Waals surface area contributed by atoms with Crippen molar-refractivity contribution in [1.82, 2.24) is 4.90 Å².